The van der Waals surface area contributed by atoms with Gasteiger partial charge in [0, 0.05) is 34.9 Å². The molecule has 1 aliphatic heterocycles. The Morgan fingerprint density at radius 3 is 1.00 bits per heavy atom. The molecule has 0 amide bonds. The highest BCUT2D eigenvalue weighted by molar-refractivity contribution is 5.89. The minimum Gasteiger partial charge on any atom is -0.375 e. The smallest absolute Gasteiger partial charge is 0.0992 e. The van der Waals surface area contributed by atoms with Crippen molar-refractivity contribution >= 4 is 23.8 Å². The number of hydrogen-bond donors (Lipinski definition) is 2. The van der Waals surface area contributed by atoms with Gasteiger partial charge in [-0.1, -0.05) is 158 Å². The predicted molar refractivity (Wildman–Crippen MR) is 192 cm³/mol. The van der Waals surface area contributed by atoms with Gasteiger partial charge in [0.05, 0.1) is 24.2 Å². The van der Waals surface area contributed by atoms with Crippen LogP contribution in [0.1, 0.15) is 57.5 Å². The summed E-state index contributed by atoms with van der Waals surface area (Å²) < 4.78 is 0. The Hall–Kier alpha value is -5.74. The Kier molecular flexibility index (Phi) is 8.77. The van der Waals surface area contributed by atoms with E-state index in [-0.39, 0.29) is 24.2 Å². The molecule has 0 aliphatic carbocycles. The zero-order valence-corrected chi connectivity index (χ0v) is 25.5. The number of para-hydroxylation sites is 2. The summed E-state index contributed by atoms with van der Waals surface area (Å²) in [4.78, 5) is 10.7. The van der Waals surface area contributed by atoms with Crippen LogP contribution < -0.4 is 10.6 Å². The Labute approximate surface area is 271 Å². The van der Waals surface area contributed by atoms with Crippen molar-refractivity contribution in [3.05, 3.63) is 203 Å². The van der Waals surface area contributed by atoms with Crippen LogP contribution in [0.2, 0.25) is 0 Å². The van der Waals surface area contributed by atoms with Crippen LogP contribution in [0, 0.1) is 0 Å². The minimum atomic E-state index is -0.202. The second kappa shape index (κ2) is 13.9. The van der Waals surface area contributed by atoms with Crippen molar-refractivity contribution in [2.24, 2.45) is 9.98 Å². The van der Waals surface area contributed by atoms with E-state index in [2.05, 4.69) is 180 Å². The van der Waals surface area contributed by atoms with Gasteiger partial charge in [-0.2, -0.15) is 0 Å². The molecule has 7 rings (SSSR count). The SMILES string of the molecule is C1=N[C@@H](c2ccccc2)[C@H](c2ccccc2)Nc2ccccc2C=N[C@@H](c2ccccc2)[C@H](c2ccccc2)Nc2ccccc21. The highest BCUT2D eigenvalue weighted by atomic mass is 15.0. The first-order valence-electron chi connectivity index (χ1n) is 15.8. The van der Waals surface area contributed by atoms with Gasteiger partial charge in [0.25, 0.3) is 0 Å². The van der Waals surface area contributed by atoms with Gasteiger partial charge >= 0.3 is 0 Å². The van der Waals surface area contributed by atoms with Crippen LogP contribution >= 0.6 is 0 Å². The highest BCUT2D eigenvalue weighted by Gasteiger charge is 2.27. The van der Waals surface area contributed by atoms with E-state index in [0.29, 0.717) is 0 Å². The molecular formula is C42H36N4. The maximum atomic E-state index is 5.37. The highest BCUT2D eigenvalue weighted by Crippen LogP contribution is 2.39. The van der Waals surface area contributed by atoms with Gasteiger partial charge in [0.1, 0.15) is 0 Å². The van der Waals surface area contributed by atoms with Gasteiger partial charge in [0.2, 0.25) is 0 Å². The van der Waals surface area contributed by atoms with E-state index in [1.54, 1.807) is 0 Å². The summed E-state index contributed by atoms with van der Waals surface area (Å²) >= 11 is 0. The average Bonchev–Trinajstić information content (AvgIpc) is 3.13. The van der Waals surface area contributed by atoms with Crippen LogP contribution in [0.4, 0.5) is 11.4 Å². The summed E-state index contributed by atoms with van der Waals surface area (Å²) in [6.45, 7) is 0. The third-order valence-corrected chi connectivity index (χ3v) is 8.52. The summed E-state index contributed by atoms with van der Waals surface area (Å²) in [5, 5.41) is 7.83. The van der Waals surface area contributed by atoms with Crippen LogP contribution in [0.3, 0.4) is 0 Å². The molecular weight excluding hydrogens is 560 g/mol. The fourth-order valence-electron chi connectivity index (χ4n) is 6.18. The molecule has 4 atom stereocenters. The zero-order valence-electron chi connectivity index (χ0n) is 25.5. The first-order chi connectivity index (χ1) is 22.8. The van der Waals surface area contributed by atoms with E-state index in [0.717, 1.165) is 44.8 Å². The molecule has 4 heteroatoms. The van der Waals surface area contributed by atoms with E-state index in [4.69, 9.17) is 9.98 Å². The molecule has 6 aromatic rings. The molecule has 2 N–H and O–H groups in total. The summed E-state index contributed by atoms with van der Waals surface area (Å²) in [5.74, 6) is 0. The number of hydrogen-bond acceptors (Lipinski definition) is 4. The lowest BCUT2D eigenvalue weighted by atomic mass is 9.92. The van der Waals surface area contributed by atoms with E-state index < -0.39 is 0 Å². The molecule has 0 fully saturated rings. The standard InChI is InChI=1S/C42H36N4/c1-5-17-31(18-6-1)39-41(33-21-9-3-10-22-33)45-37-27-15-14-26-36(37)30-44-40(32-19-7-2-8-20-32)42(34-23-11-4-12-24-34)46-38-28-16-13-25-35(38)29-43-39/h1-30,39-42,45-46H/t39-,40-,41-,42-/m0/s1. The number of anilines is 2. The molecule has 0 unspecified atom stereocenters. The Bertz CT molecular complexity index is 1760. The lowest BCUT2D eigenvalue weighted by molar-refractivity contribution is 0.611. The monoisotopic (exact) mass is 596 g/mol. The van der Waals surface area contributed by atoms with Crippen LogP contribution in [0.25, 0.3) is 0 Å². The lowest BCUT2D eigenvalue weighted by Crippen LogP contribution is -2.21. The second-order valence-corrected chi connectivity index (χ2v) is 11.5. The number of fused-ring (bicyclic) bond motifs is 2. The summed E-state index contributed by atoms with van der Waals surface area (Å²) in [7, 11) is 0. The first-order valence-corrected chi connectivity index (χ1v) is 15.8. The maximum Gasteiger partial charge on any atom is 0.0992 e. The molecule has 46 heavy (non-hydrogen) atoms. The molecule has 0 saturated carbocycles. The Morgan fingerprint density at radius 1 is 0.326 bits per heavy atom. The number of aliphatic imine (C=N–C) groups is 2. The van der Waals surface area contributed by atoms with Gasteiger partial charge in [-0.05, 0) is 34.4 Å². The molecule has 1 heterocycles. The third kappa shape index (κ3) is 6.52. The number of rotatable bonds is 4. The van der Waals surface area contributed by atoms with Crippen LogP contribution in [-0.2, 0) is 0 Å². The summed E-state index contributed by atoms with van der Waals surface area (Å²) in [5.41, 5.74) is 8.63. The molecule has 4 nitrogen and oxygen atoms in total. The molecule has 0 aromatic heterocycles. The quantitative estimate of drug-likeness (QED) is 0.213. The molecule has 6 aromatic carbocycles. The van der Waals surface area contributed by atoms with E-state index in [1.165, 1.54) is 0 Å². The summed E-state index contributed by atoms with van der Waals surface area (Å²) in [6.07, 6.45) is 4.05. The van der Waals surface area contributed by atoms with Crippen LogP contribution in [0.15, 0.2) is 180 Å². The minimum absolute atomic E-state index is 0.139. The number of benzene rings is 6. The molecule has 0 spiro atoms. The largest absolute Gasteiger partial charge is 0.375 e. The number of nitrogens with one attached hydrogen (secondary N) is 2. The fourth-order valence-corrected chi connectivity index (χ4v) is 6.18. The van der Waals surface area contributed by atoms with Crippen molar-refractivity contribution in [3.63, 3.8) is 0 Å². The van der Waals surface area contributed by atoms with Crippen LogP contribution in [-0.4, -0.2) is 12.4 Å². The van der Waals surface area contributed by atoms with Crippen molar-refractivity contribution in [1.29, 1.82) is 0 Å². The topological polar surface area (TPSA) is 48.8 Å². The van der Waals surface area contributed by atoms with Gasteiger partial charge in [-0.15, -0.1) is 0 Å². The number of nitrogens with zero attached hydrogens (tertiary/aromatic N) is 2. The van der Waals surface area contributed by atoms with E-state index >= 15 is 0 Å². The normalized spacial score (nSPS) is 19.5. The molecule has 224 valence electrons. The van der Waals surface area contributed by atoms with Crippen molar-refractivity contribution in [1.82, 2.24) is 0 Å². The van der Waals surface area contributed by atoms with Gasteiger partial charge in [-0.3, -0.25) is 9.98 Å². The van der Waals surface area contributed by atoms with Gasteiger partial charge < -0.3 is 10.6 Å². The Balaban J connectivity index is 1.44. The van der Waals surface area contributed by atoms with Crippen molar-refractivity contribution in [3.8, 4) is 0 Å². The van der Waals surface area contributed by atoms with E-state index in [1.807, 2.05) is 12.4 Å². The second-order valence-electron chi connectivity index (χ2n) is 11.5. The van der Waals surface area contributed by atoms with Crippen molar-refractivity contribution < 1.29 is 0 Å². The van der Waals surface area contributed by atoms with Gasteiger partial charge in [-0.25, -0.2) is 0 Å². The predicted octanol–water partition coefficient (Wildman–Crippen LogP) is 10.0. The van der Waals surface area contributed by atoms with Crippen molar-refractivity contribution in [2.45, 2.75) is 24.2 Å². The molecule has 0 radical (unpaired) electrons. The summed E-state index contributed by atoms with van der Waals surface area (Å²) in [6, 6.07) is 58.4. The molecule has 1 aliphatic rings. The zero-order chi connectivity index (χ0) is 31.0. The van der Waals surface area contributed by atoms with E-state index in [9.17, 15) is 0 Å². The first kappa shape index (κ1) is 29.0. The van der Waals surface area contributed by atoms with Crippen molar-refractivity contribution in [2.75, 3.05) is 10.6 Å². The third-order valence-electron chi connectivity index (χ3n) is 8.52. The lowest BCUT2D eigenvalue weighted by Gasteiger charge is -2.30. The van der Waals surface area contributed by atoms with Crippen LogP contribution in [0.5, 0.6) is 0 Å². The molecule has 0 saturated heterocycles. The fraction of sp³-hybridized carbons (Fsp3) is 0.0952. The molecule has 0 bridgehead atoms. The average molecular weight is 597 g/mol. The maximum absolute atomic E-state index is 5.37. The Morgan fingerprint density at radius 2 is 0.630 bits per heavy atom. The van der Waals surface area contributed by atoms with Gasteiger partial charge in [0.15, 0.2) is 0 Å².